The van der Waals surface area contributed by atoms with Crippen molar-refractivity contribution in [1.82, 2.24) is 5.32 Å². The van der Waals surface area contributed by atoms with E-state index >= 15 is 0 Å². The third kappa shape index (κ3) is 5.62. The minimum absolute atomic E-state index is 0.141. The maximum Gasteiger partial charge on any atom is 0.261 e. The fraction of sp³-hybridized carbons (Fsp3) is 0.190. The van der Waals surface area contributed by atoms with Gasteiger partial charge in [-0.3, -0.25) is 9.52 Å². The fourth-order valence-electron chi connectivity index (χ4n) is 2.71. The van der Waals surface area contributed by atoms with Crippen molar-refractivity contribution in [3.05, 3.63) is 82.8 Å². The second kappa shape index (κ2) is 9.15. The molecule has 0 aliphatic rings. The number of hydrogen-bond donors (Lipinski definition) is 2. The normalized spacial score (nSPS) is 11.2. The third-order valence-electron chi connectivity index (χ3n) is 4.26. The standard InChI is InChI=1S/C21H21ClN2O4S/c1-15-6-9-18(10-7-15)29(26,27)24-16-8-11-20(22)19(14-16)21(25)23-12-2-4-17-5-3-13-28-17/h3,5-11,13-14,24H,2,4,12H2,1H3,(H,23,25). The Balaban J connectivity index is 1.65. The molecule has 0 saturated heterocycles. The maximum atomic E-state index is 12.5. The van der Waals surface area contributed by atoms with Crippen LogP contribution in [0.1, 0.15) is 28.1 Å². The molecule has 0 saturated carbocycles. The first-order valence-electron chi connectivity index (χ1n) is 9.05. The molecule has 0 fully saturated rings. The van der Waals surface area contributed by atoms with E-state index in [0.717, 1.165) is 11.3 Å². The van der Waals surface area contributed by atoms with Gasteiger partial charge in [-0.2, -0.15) is 0 Å². The number of hydrogen-bond acceptors (Lipinski definition) is 4. The highest BCUT2D eigenvalue weighted by molar-refractivity contribution is 7.92. The lowest BCUT2D eigenvalue weighted by Crippen LogP contribution is -2.25. The topological polar surface area (TPSA) is 88.4 Å². The number of sulfonamides is 1. The van der Waals surface area contributed by atoms with Crippen LogP contribution in [0.5, 0.6) is 0 Å². The highest BCUT2D eigenvalue weighted by Gasteiger charge is 2.16. The molecule has 3 rings (SSSR count). The summed E-state index contributed by atoms with van der Waals surface area (Å²) in [6.45, 7) is 2.32. The largest absolute Gasteiger partial charge is 0.469 e. The summed E-state index contributed by atoms with van der Waals surface area (Å²) in [5, 5.41) is 3.03. The molecule has 152 valence electrons. The highest BCUT2D eigenvalue weighted by Crippen LogP contribution is 2.23. The summed E-state index contributed by atoms with van der Waals surface area (Å²) < 4.78 is 32.8. The van der Waals surface area contributed by atoms with Gasteiger partial charge in [-0.25, -0.2) is 8.42 Å². The molecule has 2 aromatic carbocycles. The van der Waals surface area contributed by atoms with Crippen molar-refractivity contribution in [2.45, 2.75) is 24.7 Å². The number of anilines is 1. The summed E-state index contributed by atoms with van der Waals surface area (Å²) in [6.07, 6.45) is 3.02. The second-order valence-corrected chi connectivity index (χ2v) is 8.64. The molecule has 1 aromatic heterocycles. The van der Waals surface area contributed by atoms with Crippen molar-refractivity contribution in [2.24, 2.45) is 0 Å². The van der Waals surface area contributed by atoms with Crippen LogP contribution in [-0.4, -0.2) is 20.9 Å². The Bertz CT molecular complexity index is 1080. The molecule has 0 bridgehead atoms. The van der Waals surface area contributed by atoms with Crippen LogP contribution >= 0.6 is 11.6 Å². The first kappa shape index (κ1) is 21.0. The number of rotatable bonds is 8. The first-order chi connectivity index (χ1) is 13.8. The third-order valence-corrected chi connectivity index (χ3v) is 5.99. The first-order valence-corrected chi connectivity index (χ1v) is 10.9. The van der Waals surface area contributed by atoms with Crippen molar-refractivity contribution in [3.63, 3.8) is 0 Å². The SMILES string of the molecule is Cc1ccc(S(=O)(=O)Nc2ccc(Cl)c(C(=O)NCCCc3ccco3)c2)cc1. The zero-order valence-electron chi connectivity index (χ0n) is 15.8. The lowest BCUT2D eigenvalue weighted by molar-refractivity contribution is 0.0953. The molecule has 8 heteroatoms. The molecule has 0 atom stereocenters. The molecule has 0 aliphatic heterocycles. The number of carbonyl (C=O) groups is 1. The quantitative estimate of drug-likeness (QED) is 0.516. The summed E-state index contributed by atoms with van der Waals surface area (Å²) in [7, 11) is -3.77. The molecular weight excluding hydrogens is 412 g/mol. The van der Waals surface area contributed by atoms with Gasteiger partial charge in [0.2, 0.25) is 0 Å². The number of furan rings is 1. The number of aryl methyl sites for hydroxylation is 2. The Kier molecular flexibility index (Phi) is 6.61. The molecule has 0 spiro atoms. The molecule has 1 amide bonds. The minimum atomic E-state index is -3.77. The van der Waals surface area contributed by atoms with Gasteiger partial charge in [-0.05, 0) is 55.8 Å². The Morgan fingerprint density at radius 1 is 1.10 bits per heavy atom. The second-order valence-electron chi connectivity index (χ2n) is 6.55. The zero-order chi connectivity index (χ0) is 20.9. The van der Waals surface area contributed by atoms with Crippen LogP contribution in [-0.2, 0) is 16.4 Å². The number of benzene rings is 2. The summed E-state index contributed by atoms with van der Waals surface area (Å²) in [6, 6.07) is 14.6. The van der Waals surface area contributed by atoms with E-state index in [-0.39, 0.29) is 27.1 Å². The lowest BCUT2D eigenvalue weighted by atomic mass is 10.2. The van der Waals surface area contributed by atoms with Gasteiger partial charge in [0, 0.05) is 18.7 Å². The van der Waals surface area contributed by atoms with E-state index in [0.29, 0.717) is 19.4 Å². The average molecular weight is 433 g/mol. The molecule has 6 nitrogen and oxygen atoms in total. The van der Waals surface area contributed by atoms with E-state index in [2.05, 4.69) is 10.0 Å². The van der Waals surface area contributed by atoms with Crippen molar-refractivity contribution in [2.75, 3.05) is 11.3 Å². The van der Waals surface area contributed by atoms with E-state index in [9.17, 15) is 13.2 Å². The van der Waals surface area contributed by atoms with Gasteiger partial charge in [0.15, 0.2) is 0 Å². The molecule has 1 heterocycles. The summed E-state index contributed by atoms with van der Waals surface area (Å²) in [5.74, 6) is 0.482. The van der Waals surface area contributed by atoms with Crippen LogP contribution in [0.2, 0.25) is 5.02 Å². The van der Waals surface area contributed by atoms with Gasteiger partial charge < -0.3 is 9.73 Å². The van der Waals surface area contributed by atoms with Crippen LogP contribution < -0.4 is 10.0 Å². The molecule has 29 heavy (non-hydrogen) atoms. The Morgan fingerprint density at radius 3 is 2.55 bits per heavy atom. The Morgan fingerprint density at radius 2 is 1.86 bits per heavy atom. The Hall–Kier alpha value is -2.77. The smallest absolute Gasteiger partial charge is 0.261 e. The number of amides is 1. The monoisotopic (exact) mass is 432 g/mol. The van der Waals surface area contributed by atoms with Gasteiger partial charge >= 0.3 is 0 Å². The molecule has 0 aliphatic carbocycles. The minimum Gasteiger partial charge on any atom is -0.469 e. The van der Waals surface area contributed by atoms with Gasteiger partial charge in [-0.15, -0.1) is 0 Å². The molecule has 2 N–H and O–H groups in total. The number of carbonyl (C=O) groups excluding carboxylic acids is 1. The van der Waals surface area contributed by atoms with E-state index in [1.165, 1.54) is 30.3 Å². The van der Waals surface area contributed by atoms with Crippen molar-refractivity contribution in [1.29, 1.82) is 0 Å². The zero-order valence-corrected chi connectivity index (χ0v) is 17.4. The van der Waals surface area contributed by atoms with E-state index in [1.54, 1.807) is 18.4 Å². The summed E-state index contributed by atoms with van der Waals surface area (Å²) in [4.78, 5) is 12.6. The van der Waals surface area contributed by atoms with Crippen LogP contribution in [0.4, 0.5) is 5.69 Å². The highest BCUT2D eigenvalue weighted by atomic mass is 35.5. The van der Waals surface area contributed by atoms with E-state index < -0.39 is 10.0 Å². The predicted octanol–water partition coefficient (Wildman–Crippen LogP) is 4.40. The fourth-order valence-corrected chi connectivity index (χ4v) is 3.96. The lowest BCUT2D eigenvalue weighted by Gasteiger charge is -2.11. The van der Waals surface area contributed by atoms with Gasteiger partial charge in [0.25, 0.3) is 15.9 Å². The van der Waals surface area contributed by atoms with Gasteiger partial charge in [0.1, 0.15) is 5.76 Å². The summed E-state index contributed by atoms with van der Waals surface area (Å²) >= 11 is 6.14. The van der Waals surface area contributed by atoms with E-state index in [1.807, 2.05) is 19.1 Å². The molecule has 0 unspecified atom stereocenters. The maximum absolute atomic E-state index is 12.5. The number of halogens is 1. The van der Waals surface area contributed by atoms with Gasteiger partial charge in [-0.1, -0.05) is 29.3 Å². The van der Waals surface area contributed by atoms with Gasteiger partial charge in [0.05, 0.1) is 21.7 Å². The van der Waals surface area contributed by atoms with Crippen molar-refractivity contribution >= 4 is 33.2 Å². The molecule has 3 aromatic rings. The molecular formula is C21H21ClN2O4S. The van der Waals surface area contributed by atoms with Crippen molar-refractivity contribution < 1.29 is 17.6 Å². The van der Waals surface area contributed by atoms with Crippen LogP contribution in [0.3, 0.4) is 0 Å². The predicted molar refractivity (Wildman–Crippen MR) is 113 cm³/mol. The number of nitrogens with one attached hydrogen (secondary N) is 2. The van der Waals surface area contributed by atoms with Crippen molar-refractivity contribution in [3.8, 4) is 0 Å². The van der Waals surface area contributed by atoms with Crippen LogP contribution in [0, 0.1) is 6.92 Å². The average Bonchev–Trinajstić information content (AvgIpc) is 3.20. The van der Waals surface area contributed by atoms with Crippen LogP contribution in [0.15, 0.2) is 70.2 Å². The Labute approximate surface area is 174 Å². The summed E-state index contributed by atoms with van der Waals surface area (Å²) in [5.41, 5.74) is 1.42. The van der Waals surface area contributed by atoms with E-state index in [4.69, 9.17) is 16.0 Å². The van der Waals surface area contributed by atoms with Crippen LogP contribution in [0.25, 0.3) is 0 Å². The molecule has 0 radical (unpaired) electrons.